The Labute approximate surface area is 83.9 Å². The van der Waals surface area contributed by atoms with Crippen molar-refractivity contribution in [3.05, 3.63) is 29.8 Å². The summed E-state index contributed by atoms with van der Waals surface area (Å²) >= 11 is 0. The van der Waals surface area contributed by atoms with Gasteiger partial charge in [0.15, 0.2) is 9.84 Å². The minimum absolute atomic E-state index is 0.00472. The number of fused-ring (bicyclic) bond motifs is 1. The molecule has 0 spiro atoms. The lowest BCUT2D eigenvalue weighted by molar-refractivity contribution is 0.478. The van der Waals surface area contributed by atoms with E-state index in [0.717, 1.165) is 5.56 Å². The number of nitrogens with two attached hydrogens (primary N) is 1. The highest BCUT2D eigenvalue weighted by atomic mass is 32.2. The summed E-state index contributed by atoms with van der Waals surface area (Å²) in [7, 11) is -3.10. The first kappa shape index (κ1) is 9.68. The topological polar surface area (TPSA) is 60.2 Å². The smallest absolute Gasteiger partial charge is 0.179 e. The van der Waals surface area contributed by atoms with Crippen molar-refractivity contribution in [3.8, 4) is 0 Å². The highest BCUT2D eigenvalue weighted by Crippen LogP contribution is 2.33. The maximum atomic E-state index is 11.8. The first-order valence-electron chi connectivity index (χ1n) is 4.59. The summed E-state index contributed by atoms with van der Waals surface area (Å²) in [5.74, 6) is 0.153. The first-order chi connectivity index (χ1) is 6.52. The van der Waals surface area contributed by atoms with Gasteiger partial charge in [-0.1, -0.05) is 25.1 Å². The Hall–Kier alpha value is -0.870. The van der Waals surface area contributed by atoms with Gasteiger partial charge in [-0.05, 0) is 17.5 Å². The predicted octanol–water partition coefficient (Wildman–Crippen LogP) is 1.11. The normalized spacial score (nSPS) is 29.6. The summed E-state index contributed by atoms with van der Waals surface area (Å²) in [5.41, 5.74) is 6.70. The number of sulfone groups is 1. The van der Waals surface area contributed by atoms with Gasteiger partial charge in [0.05, 0.1) is 10.6 Å². The molecule has 0 aromatic heterocycles. The fourth-order valence-corrected chi connectivity index (χ4v) is 3.81. The Morgan fingerprint density at radius 2 is 2.00 bits per heavy atom. The number of rotatable bonds is 0. The molecule has 0 aliphatic carbocycles. The molecule has 0 saturated carbocycles. The summed E-state index contributed by atoms with van der Waals surface area (Å²) in [5, 5.41) is 0. The van der Waals surface area contributed by atoms with E-state index in [2.05, 4.69) is 0 Å². The molecule has 0 unspecified atom stereocenters. The lowest BCUT2D eigenvalue weighted by Gasteiger charge is -2.27. The minimum Gasteiger partial charge on any atom is -0.324 e. The van der Waals surface area contributed by atoms with Gasteiger partial charge >= 0.3 is 0 Å². The first-order valence-corrected chi connectivity index (χ1v) is 6.25. The zero-order chi connectivity index (χ0) is 10.3. The van der Waals surface area contributed by atoms with Crippen molar-refractivity contribution in [1.82, 2.24) is 0 Å². The quantitative estimate of drug-likeness (QED) is 0.699. The van der Waals surface area contributed by atoms with Crippen LogP contribution >= 0.6 is 0 Å². The van der Waals surface area contributed by atoms with E-state index in [1.807, 2.05) is 13.0 Å². The standard InChI is InChI=1S/C10H13NO2S/c1-7-6-14(12,13)9-5-3-2-4-8(9)10(7)11/h2-5,7,10H,6,11H2,1H3/t7-,10+/m1/s1. The average Bonchev–Trinajstić information content (AvgIpc) is 2.14. The predicted molar refractivity (Wildman–Crippen MR) is 54.6 cm³/mol. The summed E-state index contributed by atoms with van der Waals surface area (Å²) in [4.78, 5) is 0.408. The van der Waals surface area contributed by atoms with Gasteiger partial charge in [0.2, 0.25) is 0 Å². The van der Waals surface area contributed by atoms with Crippen molar-refractivity contribution in [3.63, 3.8) is 0 Å². The van der Waals surface area contributed by atoms with Crippen molar-refractivity contribution < 1.29 is 8.42 Å². The molecule has 4 heteroatoms. The lowest BCUT2D eigenvalue weighted by Crippen LogP contribution is -2.32. The summed E-state index contributed by atoms with van der Waals surface area (Å²) in [6.07, 6.45) is 0. The van der Waals surface area contributed by atoms with Gasteiger partial charge in [0.1, 0.15) is 0 Å². The third-order valence-corrected chi connectivity index (χ3v) is 4.72. The Morgan fingerprint density at radius 3 is 2.71 bits per heavy atom. The van der Waals surface area contributed by atoms with E-state index in [1.165, 1.54) is 0 Å². The molecule has 1 aliphatic rings. The Morgan fingerprint density at radius 1 is 1.36 bits per heavy atom. The average molecular weight is 211 g/mol. The van der Waals surface area contributed by atoms with Crippen LogP contribution in [0, 0.1) is 5.92 Å². The van der Waals surface area contributed by atoms with Crippen molar-refractivity contribution in [1.29, 1.82) is 0 Å². The molecule has 1 aromatic rings. The molecule has 1 aliphatic heterocycles. The SMILES string of the molecule is C[C@@H]1CS(=O)(=O)c2ccccc2[C@H]1N. The molecule has 0 radical (unpaired) electrons. The van der Waals surface area contributed by atoms with Crippen LogP contribution in [-0.2, 0) is 9.84 Å². The van der Waals surface area contributed by atoms with Gasteiger partial charge in [-0.15, -0.1) is 0 Å². The summed E-state index contributed by atoms with van der Waals surface area (Å²) in [6.45, 7) is 1.87. The summed E-state index contributed by atoms with van der Waals surface area (Å²) in [6, 6.07) is 6.84. The molecule has 0 amide bonds. The molecule has 3 nitrogen and oxygen atoms in total. The second-order valence-corrected chi connectivity index (χ2v) is 5.82. The number of hydrogen-bond donors (Lipinski definition) is 1. The zero-order valence-electron chi connectivity index (χ0n) is 7.97. The van der Waals surface area contributed by atoms with E-state index in [1.54, 1.807) is 18.2 Å². The molecule has 1 aromatic carbocycles. The molecule has 0 fully saturated rings. The minimum atomic E-state index is -3.10. The highest BCUT2D eigenvalue weighted by molar-refractivity contribution is 7.91. The maximum absolute atomic E-state index is 11.8. The molecule has 2 N–H and O–H groups in total. The molecular weight excluding hydrogens is 198 g/mol. The molecular formula is C10H13NO2S. The van der Waals surface area contributed by atoms with E-state index < -0.39 is 9.84 Å². The third-order valence-electron chi connectivity index (χ3n) is 2.71. The second kappa shape index (κ2) is 3.07. The van der Waals surface area contributed by atoms with Crippen LogP contribution in [0.2, 0.25) is 0 Å². The molecule has 0 saturated heterocycles. The van der Waals surface area contributed by atoms with Crippen LogP contribution in [0.4, 0.5) is 0 Å². The van der Waals surface area contributed by atoms with E-state index in [4.69, 9.17) is 5.73 Å². The van der Waals surface area contributed by atoms with E-state index in [-0.39, 0.29) is 17.7 Å². The lowest BCUT2D eigenvalue weighted by atomic mass is 9.96. The van der Waals surface area contributed by atoms with Crippen molar-refractivity contribution in [2.75, 3.05) is 5.75 Å². The fourth-order valence-electron chi connectivity index (χ4n) is 1.89. The van der Waals surface area contributed by atoms with Gasteiger partial charge in [-0.3, -0.25) is 0 Å². The van der Waals surface area contributed by atoms with Gasteiger partial charge in [-0.25, -0.2) is 8.42 Å². The summed E-state index contributed by atoms with van der Waals surface area (Å²) < 4.78 is 23.5. The Balaban J connectivity index is 2.68. The van der Waals surface area contributed by atoms with Crippen molar-refractivity contribution in [2.24, 2.45) is 11.7 Å². The van der Waals surface area contributed by atoms with Crippen LogP contribution in [-0.4, -0.2) is 14.2 Å². The van der Waals surface area contributed by atoms with Gasteiger partial charge in [0.25, 0.3) is 0 Å². The highest BCUT2D eigenvalue weighted by Gasteiger charge is 2.32. The second-order valence-electron chi connectivity index (χ2n) is 3.82. The monoisotopic (exact) mass is 211 g/mol. The van der Waals surface area contributed by atoms with E-state index in [0.29, 0.717) is 4.90 Å². The maximum Gasteiger partial charge on any atom is 0.179 e. The number of benzene rings is 1. The Bertz CT molecular complexity index is 453. The van der Waals surface area contributed by atoms with E-state index in [9.17, 15) is 8.42 Å². The van der Waals surface area contributed by atoms with Crippen molar-refractivity contribution in [2.45, 2.75) is 17.9 Å². The molecule has 2 atom stereocenters. The van der Waals surface area contributed by atoms with Gasteiger partial charge in [0, 0.05) is 6.04 Å². The Kier molecular flexibility index (Phi) is 2.12. The van der Waals surface area contributed by atoms with Gasteiger partial charge < -0.3 is 5.73 Å². The third kappa shape index (κ3) is 1.35. The zero-order valence-corrected chi connectivity index (χ0v) is 8.79. The van der Waals surface area contributed by atoms with Gasteiger partial charge in [-0.2, -0.15) is 0 Å². The van der Waals surface area contributed by atoms with Crippen molar-refractivity contribution >= 4 is 9.84 Å². The van der Waals surface area contributed by atoms with E-state index >= 15 is 0 Å². The molecule has 76 valence electrons. The largest absolute Gasteiger partial charge is 0.324 e. The van der Waals surface area contributed by atoms with Crippen LogP contribution in [0.1, 0.15) is 18.5 Å². The molecule has 1 heterocycles. The van der Waals surface area contributed by atoms with Crippen LogP contribution in [0.3, 0.4) is 0 Å². The molecule has 2 rings (SSSR count). The number of hydrogen-bond acceptors (Lipinski definition) is 3. The molecule has 0 bridgehead atoms. The van der Waals surface area contributed by atoms with Crippen LogP contribution in [0.5, 0.6) is 0 Å². The van der Waals surface area contributed by atoms with Crippen LogP contribution in [0.15, 0.2) is 29.2 Å². The van der Waals surface area contributed by atoms with Crippen LogP contribution < -0.4 is 5.73 Å². The fraction of sp³-hybridized carbons (Fsp3) is 0.400. The molecule has 14 heavy (non-hydrogen) atoms. The van der Waals surface area contributed by atoms with Crippen LogP contribution in [0.25, 0.3) is 0 Å².